The molecule has 2 amide bonds. The molecule has 0 aromatic heterocycles. The Morgan fingerprint density at radius 3 is 2.67 bits per heavy atom. The van der Waals surface area contributed by atoms with E-state index in [-0.39, 0.29) is 13.2 Å². The van der Waals surface area contributed by atoms with Crippen LogP contribution in [0.5, 0.6) is 0 Å². The first-order valence-electron chi connectivity index (χ1n) is 5.59. The lowest BCUT2D eigenvalue weighted by atomic mass is 9.85. The summed E-state index contributed by atoms with van der Waals surface area (Å²) in [6.07, 6.45) is 5.25. The van der Waals surface area contributed by atoms with Gasteiger partial charge in [-0.25, -0.2) is 4.79 Å². The number of urea groups is 1. The minimum atomic E-state index is -1.11. The van der Waals surface area contributed by atoms with E-state index in [1.165, 1.54) is 0 Å². The quantitative estimate of drug-likeness (QED) is 0.627. The van der Waals surface area contributed by atoms with Gasteiger partial charge in [0.1, 0.15) is 5.41 Å². The summed E-state index contributed by atoms with van der Waals surface area (Å²) in [4.78, 5) is 22.9. The molecule has 2 atom stereocenters. The third-order valence-corrected chi connectivity index (χ3v) is 3.04. The second-order valence-electron chi connectivity index (χ2n) is 5.16. The Morgan fingerprint density at radius 2 is 2.17 bits per heavy atom. The molecule has 0 aromatic carbocycles. The lowest BCUT2D eigenvalue weighted by molar-refractivity contribution is -0.148. The van der Waals surface area contributed by atoms with Gasteiger partial charge in [-0.1, -0.05) is 5.92 Å². The number of amides is 2. The van der Waals surface area contributed by atoms with Gasteiger partial charge >= 0.3 is 12.0 Å². The minimum Gasteiger partial charge on any atom is -0.481 e. The lowest BCUT2D eigenvalue weighted by Crippen LogP contribution is -2.55. The number of nitrogens with one attached hydrogen (secondary N) is 2. The van der Waals surface area contributed by atoms with Crippen molar-refractivity contribution in [3.63, 3.8) is 0 Å². The molecular weight excluding hydrogens is 236 g/mol. The molecule has 6 heteroatoms. The van der Waals surface area contributed by atoms with Crippen molar-refractivity contribution in [2.75, 3.05) is 13.2 Å². The van der Waals surface area contributed by atoms with Crippen molar-refractivity contribution in [1.29, 1.82) is 0 Å². The number of ether oxygens (including phenoxy) is 1. The molecule has 18 heavy (non-hydrogen) atoms. The van der Waals surface area contributed by atoms with E-state index in [2.05, 4.69) is 16.6 Å². The summed E-state index contributed by atoms with van der Waals surface area (Å²) < 4.78 is 5.13. The Labute approximate surface area is 106 Å². The first-order chi connectivity index (χ1) is 8.21. The largest absolute Gasteiger partial charge is 0.481 e. The van der Waals surface area contributed by atoms with Gasteiger partial charge in [0.05, 0.1) is 24.8 Å². The molecule has 0 saturated carbocycles. The van der Waals surface area contributed by atoms with Gasteiger partial charge in [0.2, 0.25) is 0 Å². The van der Waals surface area contributed by atoms with Crippen LogP contribution in [0.2, 0.25) is 0 Å². The third-order valence-electron chi connectivity index (χ3n) is 3.04. The Morgan fingerprint density at radius 1 is 1.56 bits per heavy atom. The zero-order valence-corrected chi connectivity index (χ0v) is 10.7. The van der Waals surface area contributed by atoms with Crippen LogP contribution in [0.15, 0.2) is 0 Å². The van der Waals surface area contributed by atoms with Crippen LogP contribution >= 0.6 is 0 Å². The lowest BCUT2D eigenvalue weighted by Gasteiger charge is -2.27. The normalized spacial score (nSPS) is 27.3. The van der Waals surface area contributed by atoms with Crippen molar-refractivity contribution >= 4 is 12.0 Å². The number of terminal acetylenes is 1. The fourth-order valence-corrected chi connectivity index (χ4v) is 1.60. The highest BCUT2D eigenvalue weighted by Crippen LogP contribution is 2.28. The molecule has 1 aliphatic rings. The van der Waals surface area contributed by atoms with E-state index >= 15 is 0 Å². The Bertz CT molecular complexity index is 399. The monoisotopic (exact) mass is 254 g/mol. The van der Waals surface area contributed by atoms with Gasteiger partial charge in [-0.15, -0.1) is 6.42 Å². The molecule has 3 N–H and O–H groups in total. The predicted octanol–water partition coefficient (Wildman–Crippen LogP) is 0.187. The highest BCUT2D eigenvalue weighted by molar-refractivity contribution is 5.80. The first-order valence-corrected chi connectivity index (χ1v) is 5.59. The predicted molar refractivity (Wildman–Crippen MR) is 64.9 cm³/mol. The van der Waals surface area contributed by atoms with Crippen molar-refractivity contribution in [1.82, 2.24) is 10.6 Å². The number of carboxylic acid groups (broad SMARTS) is 1. The zero-order chi connectivity index (χ0) is 14.0. The van der Waals surface area contributed by atoms with E-state index in [1.54, 1.807) is 20.8 Å². The van der Waals surface area contributed by atoms with E-state index < -0.39 is 29.0 Å². The van der Waals surface area contributed by atoms with Crippen molar-refractivity contribution in [2.45, 2.75) is 32.4 Å². The van der Waals surface area contributed by atoms with E-state index in [0.29, 0.717) is 0 Å². The number of rotatable bonds is 3. The molecule has 1 fully saturated rings. The van der Waals surface area contributed by atoms with Crippen molar-refractivity contribution in [3.05, 3.63) is 0 Å². The Kier molecular flexibility index (Phi) is 3.87. The van der Waals surface area contributed by atoms with Gasteiger partial charge in [-0.3, -0.25) is 4.79 Å². The average Bonchev–Trinajstić information content (AvgIpc) is 2.61. The second kappa shape index (κ2) is 4.86. The van der Waals surface area contributed by atoms with Gasteiger partial charge in [-0.2, -0.15) is 0 Å². The van der Waals surface area contributed by atoms with Gasteiger partial charge in [-0.05, 0) is 20.8 Å². The Hall–Kier alpha value is -1.74. The van der Waals surface area contributed by atoms with Gasteiger partial charge < -0.3 is 20.5 Å². The maximum atomic E-state index is 11.7. The molecule has 1 saturated heterocycles. The average molecular weight is 254 g/mol. The van der Waals surface area contributed by atoms with Crippen LogP contribution in [0, 0.1) is 17.8 Å². The topological polar surface area (TPSA) is 87.7 Å². The molecule has 6 nitrogen and oxygen atoms in total. The molecular formula is C12H18N2O4. The number of aliphatic carboxylic acids is 1. The maximum Gasteiger partial charge on any atom is 0.316 e. The summed E-state index contributed by atoms with van der Waals surface area (Å²) in [5.74, 6) is 1.42. The van der Waals surface area contributed by atoms with Crippen LogP contribution < -0.4 is 10.6 Å². The fraction of sp³-hybridized carbons (Fsp3) is 0.667. The molecule has 0 spiro atoms. The summed E-state index contributed by atoms with van der Waals surface area (Å²) in [6.45, 7) is 5.14. The SMILES string of the molecule is C#CC(C)(C)NC(=O)NC1COCC1(C)C(=O)O. The molecule has 1 aliphatic heterocycles. The molecule has 0 bridgehead atoms. The summed E-state index contributed by atoms with van der Waals surface area (Å²) in [5, 5.41) is 14.3. The maximum absolute atomic E-state index is 11.7. The van der Waals surface area contributed by atoms with Crippen LogP contribution in [-0.4, -0.2) is 41.9 Å². The van der Waals surface area contributed by atoms with Crippen LogP contribution in [0.1, 0.15) is 20.8 Å². The van der Waals surface area contributed by atoms with Crippen LogP contribution in [0.25, 0.3) is 0 Å². The number of carbonyl (C=O) groups is 2. The summed E-state index contributed by atoms with van der Waals surface area (Å²) in [7, 11) is 0. The van der Waals surface area contributed by atoms with Gasteiger partial charge in [0.15, 0.2) is 0 Å². The van der Waals surface area contributed by atoms with Crippen LogP contribution in [0.3, 0.4) is 0 Å². The second-order valence-corrected chi connectivity index (χ2v) is 5.16. The molecule has 0 aromatic rings. The summed E-state index contributed by atoms with van der Waals surface area (Å²) >= 11 is 0. The van der Waals surface area contributed by atoms with E-state index in [9.17, 15) is 9.59 Å². The van der Waals surface area contributed by atoms with Gasteiger partial charge in [0.25, 0.3) is 0 Å². The van der Waals surface area contributed by atoms with Crippen LogP contribution in [-0.2, 0) is 9.53 Å². The van der Waals surface area contributed by atoms with Gasteiger partial charge in [0, 0.05) is 0 Å². The number of carbonyl (C=O) groups excluding carboxylic acids is 1. The number of hydrogen-bond acceptors (Lipinski definition) is 3. The number of carboxylic acids is 1. The standard InChI is InChI=1S/C12H18N2O4/c1-5-11(2,3)14-10(17)13-8-6-18-7-12(8,4)9(15)16/h1,8H,6-7H2,2-4H3,(H,15,16)(H2,13,14,17). The molecule has 1 rings (SSSR count). The molecule has 2 unspecified atom stereocenters. The highest BCUT2D eigenvalue weighted by atomic mass is 16.5. The molecule has 0 aliphatic carbocycles. The first kappa shape index (κ1) is 14.3. The highest BCUT2D eigenvalue weighted by Gasteiger charge is 2.47. The summed E-state index contributed by atoms with van der Waals surface area (Å²) in [6, 6.07) is -1.08. The van der Waals surface area contributed by atoms with Crippen molar-refractivity contribution < 1.29 is 19.4 Å². The van der Waals surface area contributed by atoms with E-state index in [4.69, 9.17) is 16.3 Å². The fourth-order valence-electron chi connectivity index (χ4n) is 1.60. The number of hydrogen-bond donors (Lipinski definition) is 3. The zero-order valence-electron chi connectivity index (χ0n) is 10.7. The molecule has 0 radical (unpaired) electrons. The summed E-state index contributed by atoms with van der Waals surface area (Å²) in [5.41, 5.74) is -1.90. The van der Waals surface area contributed by atoms with Crippen molar-refractivity contribution in [2.24, 2.45) is 5.41 Å². The van der Waals surface area contributed by atoms with E-state index in [1.807, 2.05) is 0 Å². The Balaban J connectivity index is 2.66. The molecule has 1 heterocycles. The molecule has 100 valence electrons. The third kappa shape index (κ3) is 2.93. The minimum absolute atomic E-state index is 0.0752. The van der Waals surface area contributed by atoms with Crippen LogP contribution in [0.4, 0.5) is 4.79 Å². The van der Waals surface area contributed by atoms with E-state index in [0.717, 1.165) is 0 Å². The van der Waals surface area contributed by atoms with Crippen molar-refractivity contribution in [3.8, 4) is 12.3 Å². The smallest absolute Gasteiger partial charge is 0.316 e.